The van der Waals surface area contributed by atoms with E-state index in [4.69, 9.17) is 0 Å². The average Bonchev–Trinajstić information content (AvgIpc) is 2.04. The average molecular weight is 185 g/mol. The van der Waals surface area contributed by atoms with Crippen molar-refractivity contribution in [1.29, 1.82) is 0 Å². The third kappa shape index (κ3) is 4.78. The third-order valence-electron chi connectivity index (χ3n) is 2.16. The van der Waals surface area contributed by atoms with E-state index in [9.17, 15) is 9.59 Å². The van der Waals surface area contributed by atoms with Crippen molar-refractivity contribution in [1.82, 2.24) is 5.32 Å². The molecule has 0 aliphatic rings. The molecule has 0 amide bonds. The summed E-state index contributed by atoms with van der Waals surface area (Å²) in [5.41, 5.74) is 0. The van der Waals surface area contributed by atoms with Gasteiger partial charge in [-0.25, -0.2) is 0 Å². The highest BCUT2D eigenvalue weighted by atomic mass is 16.1. The van der Waals surface area contributed by atoms with E-state index in [0.29, 0.717) is 12.8 Å². The molecular weight excluding hydrogens is 166 g/mol. The van der Waals surface area contributed by atoms with Crippen LogP contribution in [0.4, 0.5) is 0 Å². The SMILES string of the molecule is CNC(CCC(=O)C(C)C)C(C)=O. The topological polar surface area (TPSA) is 46.2 Å². The van der Waals surface area contributed by atoms with Gasteiger partial charge in [-0.3, -0.25) is 9.59 Å². The molecule has 3 nitrogen and oxygen atoms in total. The fourth-order valence-corrected chi connectivity index (χ4v) is 1.13. The van der Waals surface area contributed by atoms with Crippen LogP contribution in [0.3, 0.4) is 0 Å². The maximum absolute atomic E-state index is 11.2. The number of nitrogens with one attached hydrogen (secondary N) is 1. The maximum atomic E-state index is 11.2. The van der Waals surface area contributed by atoms with Crippen LogP contribution in [0, 0.1) is 5.92 Å². The molecular formula is C10H19NO2. The molecule has 1 N–H and O–H groups in total. The Bertz CT molecular complexity index is 187. The summed E-state index contributed by atoms with van der Waals surface area (Å²) in [6.45, 7) is 5.30. The normalized spacial score (nSPS) is 13.0. The minimum absolute atomic E-state index is 0.0736. The molecule has 0 saturated carbocycles. The van der Waals surface area contributed by atoms with Gasteiger partial charge in [0.25, 0.3) is 0 Å². The second-order valence-corrected chi connectivity index (χ2v) is 3.61. The Hall–Kier alpha value is -0.700. The largest absolute Gasteiger partial charge is 0.311 e. The van der Waals surface area contributed by atoms with E-state index in [2.05, 4.69) is 5.32 Å². The molecule has 0 saturated heterocycles. The fraction of sp³-hybridized carbons (Fsp3) is 0.800. The second kappa shape index (κ2) is 5.86. The smallest absolute Gasteiger partial charge is 0.146 e. The molecule has 3 heteroatoms. The van der Waals surface area contributed by atoms with Gasteiger partial charge in [-0.05, 0) is 20.4 Å². The van der Waals surface area contributed by atoms with E-state index < -0.39 is 0 Å². The van der Waals surface area contributed by atoms with Crippen molar-refractivity contribution in [2.45, 2.75) is 39.7 Å². The van der Waals surface area contributed by atoms with Crippen LogP contribution >= 0.6 is 0 Å². The van der Waals surface area contributed by atoms with E-state index in [1.54, 1.807) is 14.0 Å². The zero-order valence-electron chi connectivity index (χ0n) is 8.89. The van der Waals surface area contributed by atoms with Crippen LogP contribution < -0.4 is 5.32 Å². The van der Waals surface area contributed by atoms with Gasteiger partial charge >= 0.3 is 0 Å². The molecule has 1 unspecified atom stereocenters. The first-order valence-corrected chi connectivity index (χ1v) is 4.69. The van der Waals surface area contributed by atoms with Gasteiger partial charge < -0.3 is 5.32 Å². The van der Waals surface area contributed by atoms with Gasteiger partial charge in [-0.1, -0.05) is 13.8 Å². The number of carbonyl (C=O) groups excluding carboxylic acids is 2. The van der Waals surface area contributed by atoms with Crippen molar-refractivity contribution in [3.05, 3.63) is 0 Å². The lowest BCUT2D eigenvalue weighted by Gasteiger charge is -2.12. The molecule has 0 aliphatic carbocycles. The predicted molar refractivity (Wildman–Crippen MR) is 52.6 cm³/mol. The third-order valence-corrected chi connectivity index (χ3v) is 2.16. The lowest BCUT2D eigenvalue weighted by Crippen LogP contribution is -2.33. The number of likely N-dealkylation sites (N-methyl/N-ethyl adjacent to an activating group) is 1. The van der Waals surface area contributed by atoms with Gasteiger partial charge in [0.05, 0.1) is 6.04 Å². The summed E-state index contributed by atoms with van der Waals surface area (Å²) < 4.78 is 0. The summed E-state index contributed by atoms with van der Waals surface area (Å²) in [6.07, 6.45) is 1.10. The monoisotopic (exact) mass is 185 g/mol. The van der Waals surface area contributed by atoms with Crippen molar-refractivity contribution >= 4 is 11.6 Å². The lowest BCUT2D eigenvalue weighted by atomic mass is 10.00. The van der Waals surface area contributed by atoms with Crippen LogP contribution in [0.2, 0.25) is 0 Å². The van der Waals surface area contributed by atoms with E-state index in [1.807, 2.05) is 13.8 Å². The summed E-state index contributed by atoms with van der Waals surface area (Å²) in [7, 11) is 1.74. The van der Waals surface area contributed by atoms with E-state index in [-0.39, 0.29) is 23.5 Å². The van der Waals surface area contributed by atoms with Crippen LogP contribution in [-0.2, 0) is 9.59 Å². The Kier molecular flexibility index (Phi) is 5.55. The highest BCUT2D eigenvalue weighted by Gasteiger charge is 2.14. The van der Waals surface area contributed by atoms with Crippen LogP contribution in [0.25, 0.3) is 0 Å². The Morgan fingerprint density at radius 3 is 2.15 bits per heavy atom. The fourth-order valence-electron chi connectivity index (χ4n) is 1.13. The Morgan fingerprint density at radius 2 is 1.85 bits per heavy atom. The molecule has 0 fully saturated rings. The lowest BCUT2D eigenvalue weighted by molar-refractivity contribution is -0.122. The van der Waals surface area contributed by atoms with Crippen molar-refractivity contribution in [3.8, 4) is 0 Å². The van der Waals surface area contributed by atoms with E-state index in [1.165, 1.54) is 0 Å². The summed E-state index contributed by atoms with van der Waals surface area (Å²) in [5, 5.41) is 2.89. The summed E-state index contributed by atoms with van der Waals surface area (Å²) in [5.74, 6) is 0.394. The molecule has 0 spiro atoms. The van der Waals surface area contributed by atoms with Crippen LogP contribution in [-0.4, -0.2) is 24.7 Å². The first-order valence-electron chi connectivity index (χ1n) is 4.69. The van der Waals surface area contributed by atoms with Crippen molar-refractivity contribution in [2.24, 2.45) is 5.92 Å². The quantitative estimate of drug-likeness (QED) is 0.675. The molecule has 0 heterocycles. The van der Waals surface area contributed by atoms with Crippen LogP contribution in [0.15, 0.2) is 0 Å². The molecule has 0 rings (SSSR count). The standard InChI is InChI=1S/C10H19NO2/c1-7(2)10(13)6-5-9(11-4)8(3)12/h7,9,11H,5-6H2,1-4H3. The van der Waals surface area contributed by atoms with Gasteiger partial charge in [-0.15, -0.1) is 0 Å². The number of hydrogen-bond acceptors (Lipinski definition) is 3. The van der Waals surface area contributed by atoms with Crippen molar-refractivity contribution < 1.29 is 9.59 Å². The number of hydrogen-bond donors (Lipinski definition) is 1. The molecule has 1 atom stereocenters. The summed E-state index contributed by atoms with van der Waals surface area (Å²) in [6, 6.07) is -0.164. The maximum Gasteiger partial charge on any atom is 0.146 e. The second-order valence-electron chi connectivity index (χ2n) is 3.61. The first kappa shape index (κ1) is 12.3. The number of Topliss-reactive ketones (excluding diaryl/α,β-unsaturated/α-hetero) is 2. The molecule has 76 valence electrons. The molecule has 0 aromatic rings. The Balaban J connectivity index is 3.85. The minimum atomic E-state index is -0.164. The zero-order valence-corrected chi connectivity index (χ0v) is 8.89. The molecule has 0 aliphatic heterocycles. The Labute approximate surface area is 79.9 Å². The number of ketones is 2. The highest BCUT2D eigenvalue weighted by molar-refractivity contribution is 5.84. The number of rotatable bonds is 6. The van der Waals surface area contributed by atoms with Crippen molar-refractivity contribution in [2.75, 3.05) is 7.05 Å². The Morgan fingerprint density at radius 1 is 1.31 bits per heavy atom. The van der Waals surface area contributed by atoms with Gasteiger partial charge in [0.1, 0.15) is 11.6 Å². The first-order chi connectivity index (χ1) is 5.99. The molecule has 0 bridgehead atoms. The minimum Gasteiger partial charge on any atom is -0.311 e. The number of carbonyl (C=O) groups is 2. The zero-order chi connectivity index (χ0) is 10.4. The molecule has 13 heavy (non-hydrogen) atoms. The van der Waals surface area contributed by atoms with Crippen molar-refractivity contribution in [3.63, 3.8) is 0 Å². The predicted octanol–water partition coefficient (Wildman–Crippen LogP) is 1.17. The van der Waals surface area contributed by atoms with E-state index >= 15 is 0 Å². The van der Waals surface area contributed by atoms with Crippen LogP contribution in [0.1, 0.15) is 33.6 Å². The highest BCUT2D eigenvalue weighted by Crippen LogP contribution is 2.05. The molecule has 0 radical (unpaired) electrons. The van der Waals surface area contributed by atoms with Gasteiger partial charge in [0.15, 0.2) is 0 Å². The summed E-state index contributed by atoms with van der Waals surface area (Å²) >= 11 is 0. The molecule has 0 aromatic carbocycles. The van der Waals surface area contributed by atoms with Gasteiger partial charge in [0.2, 0.25) is 0 Å². The van der Waals surface area contributed by atoms with E-state index in [0.717, 1.165) is 0 Å². The molecule has 0 aromatic heterocycles. The van der Waals surface area contributed by atoms with Gasteiger partial charge in [0, 0.05) is 12.3 Å². The van der Waals surface area contributed by atoms with Crippen LogP contribution in [0.5, 0.6) is 0 Å². The summed E-state index contributed by atoms with van der Waals surface area (Å²) in [4.78, 5) is 22.2. The van der Waals surface area contributed by atoms with Gasteiger partial charge in [-0.2, -0.15) is 0 Å².